The average Bonchev–Trinajstić information content (AvgIpc) is 3.01. The van der Waals surface area contributed by atoms with Crippen molar-refractivity contribution < 1.29 is 0 Å². The lowest BCUT2D eigenvalue weighted by molar-refractivity contribution is 0.654. The molecule has 22 heavy (non-hydrogen) atoms. The Balaban J connectivity index is 1.74. The van der Waals surface area contributed by atoms with Crippen molar-refractivity contribution in [1.29, 1.82) is 0 Å². The van der Waals surface area contributed by atoms with Crippen LogP contribution in [0.3, 0.4) is 0 Å². The summed E-state index contributed by atoms with van der Waals surface area (Å²) < 4.78 is 3.91. The number of aryl methyl sites for hydroxylation is 2. The van der Waals surface area contributed by atoms with Gasteiger partial charge in [0.05, 0.1) is 12.2 Å². The molecule has 0 aliphatic heterocycles. The summed E-state index contributed by atoms with van der Waals surface area (Å²) in [6, 6.07) is 5.89. The van der Waals surface area contributed by atoms with Gasteiger partial charge in [-0.1, -0.05) is 6.07 Å². The molecule has 7 nitrogen and oxygen atoms in total. The maximum Gasteiger partial charge on any atom is 0.160 e. The second-order valence-corrected chi connectivity index (χ2v) is 5.55. The zero-order valence-electron chi connectivity index (χ0n) is 13.4. The molecule has 3 aromatic heterocycles. The summed E-state index contributed by atoms with van der Waals surface area (Å²) in [6.07, 6.45) is 1.98. The molecule has 116 valence electrons. The zero-order chi connectivity index (χ0) is 15.7. The number of aromatic nitrogens is 5. The van der Waals surface area contributed by atoms with Crippen LogP contribution >= 0.6 is 0 Å². The fraction of sp³-hybridized carbons (Fsp3) is 0.400. The van der Waals surface area contributed by atoms with E-state index in [4.69, 9.17) is 0 Å². The first-order chi connectivity index (χ1) is 10.6. The highest BCUT2D eigenvalue weighted by Crippen LogP contribution is 2.21. The molecule has 0 saturated carbocycles. The third-order valence-electron chi connectivity index (χ3n) is 3.71. The van der Waals surface area contributed by atoms with Crippen LogP contribution in [0.2, 0.25) is 0 Å². The van der Waals surface area contributed by atoms with E-state index in [2.05, 4.69) is 25.5 Å². The third-order valence-corrected chi connectivity index (χ3v) is 3.71. The molecule has 3 aromatic rings. The minimum Gasteiger partial charge on any atom is -0.363 e. The Morgan fingerprint density at radius 3 is 2.77 bits per heavy atom. The summed E-state index contributed by atoms with van der Waals surface area (Å²) in [5, 5.41) is 16.3. The van der Waals surface area contributed by atoms with Crippen molar-refractivity contribution in [3.8, 4) is 0 Å². The van der Waals surface area contributed by atoms with Crippen molar-refractivity contribution in [3.05, 3.63) is 41.5 Å². The molecular weight excluding hydrogens is 278 g/mol. The summed E-state index contributed by atoms with van der Waals surface area (Å²) in [5.41, 5.74) is 3.12. The normalized spacial score (nSPS) is 11.3. The zero-order valence-corrected chi connectivity index (χ0v) is 13.4. The van der Waals surface area contributed by atoms with E-state index < -0.39 is 0 Å². The molecule has 1 N–H and O–H groups in total. The summed E-state index contributed by atoms with van der Waals surface area (Å²) in [4.78, 5) is 2.09. The molecule has 3 rings (SSSR count). The second-order valence-electron chi connectivity index (χ2n) is 5.55. The minimum atomic E-state index is 0.659. The Morgan fingerprint density at radius 2 is 2.00 bits per heavy atom. The number of pyridine rings is 1. The fourth-order valence-electron chi connectivity index (χ4n) is 2.77. The van der Waals surface area contributed by atoms with Gasteiger partial charge in [0, 0.05) is 39.4 Å². The topological polar surface area (TPSA) is 63.3 Å². The van der Waals surface area contributed by atoms with Crippen molar-refractivity contribution >= 4 is 11.5 Å². The fourth-order valence-corrected chi connectivity index (χ4v) is 2.77. The van der Waals surface area contributed by atoms with Crippen LogP contribution in [0.15, 0.2) is 24.4 Å². The third kappa shape index (κ3) is 2.55. The number of hydrogen-bond donors (Lipinski definition) is 1. The van der Waals surface area contributed by atoms with Crippen LogP contribution in [0.1, 0.15) is 17.1 Å². The lowest BCUT2D eigenvalue weighted by Gasteiger charge is -2.15. The Bertz CT molecular complexity index is 784. The Hall–Kier alpha value is -2.41. The quantitative estimate of drug-likeness (QED) is 0.765. The van der Waals surface area contributed by atoms with E-state index in [-0.39, 0.29) is 0 Å². The number of fused-ring (bicyclic) bond motifs is 1. The molecule has 0 spiro atoms. The van der Waals surface area contributed by atoms with E-state index in [1.807, 2.05) is 61.5 Å². The van der Waals surface area contributed by atoms with Crippen molar-refractivity contribution in [2.24, 2.45) is 7.05 Å². The predicted molar refractivity (Wildman–Crippen MR) is 85.8 cm³/mol. The van der Waals surface area contributed by atoms with Crippen LogP contribution in [-0.4, -0.2) is 38.5 Å². The van der Waals surface area contributed by atoms with Crippen LogP contribution in [-0.2, 0) is 20.1 Å². The molecule has 0 amide bonds. The molecule has 3 heterocycles. The van der Waals surface area contributed by atoms with Gasteiger partial charge in [-0.25, -0.2) is 0 Å². The van der Waals surface area contributed by atoms with Gasteiger partial charge >= 0.3 is 0 Å². The maximum absolute atomic E-state index is 4.50. The van der Waals surface area contributed by atoms with Crippen molar-refractivity contribution in [3.63, 3.8) is 0 Å². The first-order valence-corrected chi connectivity index (χ1v) is 7.27. The van der Waals surface area contributed by atoms with Gasteiger partial charge in [0.2, 0.25) is 0 Å². The van der Waals surface area contributed by atoms with Gasteiger partial charge in [-0.15, -0.1) is 10.2 Å². The van der Waals surface area contributed by atoms with Crippen LogP contribution in [0.25, 0.3) is 5.65 Å². The number of nitrogens with one attached hydrogen (secondary N) is 1. The van der Waals surface area contributed by atoms with Gasteiger partial charge in [0.1, 0.15) is 5.82 Å². The highest BCUT2D eigenvalue weighted by molar-refractivity contribution is 5.48. The van der Waals surface area contributed by atoms with Gasteiger partial charge in [-0.2, -0.15) is 5.10 Å². The smallest absolute Gasteiger partial charge is 0.160 e. The molecule has 0 atom stereocenters. The van der Waals surface area contributed by atoms with Gasteiger partial charge in [0.15, 0.2) is 11.5 Å². The Morgan fingerprint density at radius 1 is 1.18 bits per heavy atom. The molecule has 0 unspecified atom stereocenters. The summed E-state index contributed by atoms with van der Waals surface area (Å²) >= 11 is 0. The van der Waals surface area contributed by atoms with E-state index in [0.29, 0.717) is 6.54 Å². The van der Waals surface area contributed by atoms with Gasteiger partial charge in [0.25, 0.3) is 0 Å². The summed E-state index contributed by atoms with van der Waals surface area (Å²) in [7, 11) is 6.04. The second kappa shape index (κ2) is 5.76. The molecule has 0 aliphatic rings. The van der Waals surface area contributed by atoms with Crippen LogP contribution < -0.4 is 10.2 Å². The molecule has 0 radical (unpaired) electrons. The summed E-state index contributed by atoms with van der Waals surface area (Å²) in [5.74, 6) is 2.03. The van der Waals surface area contributed by atoms with Gasteiger partial charge in [-0.3, -0.25) is 9.08 Å². The SMILES string of the molecule is Cc1nn(C)c(N(C)C)c1CNCc1nnc2ccccn12. The average molecular weight is 299 g/mol. The van der Waals surface area contributed by atoms with Gasteiger partial charge < -0.3 is 10.2 Å². The molecular formula is C15H21N7. The predicted octanol–water partition coefficient (Wildman–Crippen LogP) is 1.13. The molecule has 0 fully saturated rings. The van der Waals surface area contributed by atoms with E-state index in [9.17, 15) is 0 Å². The Kier molecular flexibility index (Phi) is 3.81. The highest BCUT2D eigenvalue weighted by atomic mass is 15.4. The molecule has 0 bridgehead atoms. The maximum atomic E-state index is 4.50. The van der Waals surface area contributed by atoms with Crippen molar-refractivity contribution in [2.75, 3.05) is 19.0 Å². The van der Waals surface area contributed by atoms with E-state index in [0.717, 1.165) is 29.5 Å². The highest BCUT2D eigenvalue weighted by Gasteiger charge is 2.14. The van der Waals surface area contributed by atoms with Crippen molar-refractivity contribution in [1.82, 2.24) is 29.7 Å². The molecule has 7 heteroatoms. The van der Waals surface area contributed by atoms with Crippen LogP contribution in [0.4, 0.5) is 5.82 Å². The van der Waals surface area contributed by atoms with E-state index >= 15 is 0 Å². The van der Waals surface area contributed by atoms with Crippen LogP contribution in [0.5, 0.6) is 0 Å². The minimum absolute atomic E-state index is 0.659. The first kappa shape index (κ1) is 14.5. The standard InChI is InChI=1S/C15H21N7/c1-11-12(15(20(2)3)21(4)19-11)9-16-10-14-18-17-13-7-5-6-8-22(13)14/h5-8,16H,9-10H2,1-4H3. The number of rotatable bonds is 5. The molecule has 0 aliphatic carbocycles. The molecule has 0 saturated heterocycles. The number of nitrogens with zero attached hydrogens (tertiary/aromatic N) is 6. The monoisotopic (exact) mass is 299 g/mol. The van der Waals surface area contributed by atoms with E-state index in [1.54, 1.807) is 0 Å². The lowest BCUT2D eigenvalue weighted by atomic mass is 10.2. The van der Waals surface area contributed by atoms with Crippen LogP contribution in [0, 0.1) is 6.92 Å². The number of hydrogen-bond acceptors (Lipinski definition) is 5. The first-order valence-electron chi connectivity index (χ1n) is 7.27. The lowest BCUT2D eigenvalue weighted by Crippen LogP contribution is -2.19. The van der Waals surface area contributed by atoms with Gasteiger partial charge in [-0.05, 0) is 19.1 Å². The molecule has 0 aromatic carbocycles. The number of anilines is 1. The van der Waals surface area contributed by atoms with Crippen molar-refractivity contribution in [2.45, 2.75) is 20.0 Å². The Labute approximate surface area is 129 Å². The summed E-state index contributed by atoms with van der Waals surface area (Å²) in [6.45, 7) is 3.44. The largest absolute Gasteiger partial charge is 0.363 e. The van der Waals surface area contributed by atoms with E-state index in [1.165, 1.54) is 5.56 Å².